The van der Waals surface area contributed by atoms with Crippen molar-refractivity contribution >= 4 is 17.5 Å². The summed E-state index contributed by atoms with van der Waals surface area (Å²) in [5.41, 5.74) is 3.25. The van der Waals surface area contributed by atoms with Crippen LogP contribution in [0.15, 0.2) is 72.9 Å². The average Bonchev–Trinajstić information content (AvgIpc) is 2.69. The topological polar surface area (TPSA) is 62.3 Å². The second-order valence-electron chi connectivity index (χ2n) is 6.33. The number of benzene rings is 2. The Labute approximate surface area is 158 Å². The zero-order valence-corrected chi connectivity index (χ0v) is 15.3. The molecule has 1 N–H and O–H groups in total. The van der Waals surface area contributed by atoms with Crippen LogP contribution in [-0.2, 0) is 6.54 Å². The quantitative estimate of drug-likeness (QED) is 0.751. The Bertz CT molecular complexity index is 937. The van der Waals surface area contributed by atoms with Crippen molar-refractivity contribution in [3.63, 3.8) is 0 Å². The smallest absolute Gasteiger partial charge is 0.257 e. The molecule has 0 unspecified atom stereocenters. The lowest BCUT2D eigenvalue weighted by Gasteiger charge is -2.19. The molecule has 0 spiro atoms. The molecule has 0 aliphatic heterocycles. The fourth-order valence-corrected chi connectivity index (χ4v) is 2.71. The first-order valence-corrected chi connectivity index (χ1v) is 8.67. The van der Waals surface area contributed by atoms with E-state index in [2.05, 4.69) is 10.3 Å². The van der Waals surface area contributed by atoms with E-state index in [0.29, 0.717) is 23.4 Å². The van der Waals surface area contributed by atoms with Crippen molar-refractivity contribution in [2.24, 2.45) is 0 Å². The molecule has 0 saturated carbocycles. The van der Waals surface area contributed by atoms with Gasteiger partial charge in [-0.05, 0) is 36.8 Å². The van der Waals surface area contributed by atoms with Gasteiger partial charge in [0.15, 0.2) is 0 Å². The van der Waals surface area contributed by atoms with Gasteiger partial charge in [0.25, 0.3) is 11.8 Å². The molecule has 5 heteroatoms. The third-order valence-electron chi connectivity index (χ3n) is 4.19. The van der Waals surface area contributed by atoms with Gasteiger partial charge in [0.1, 0.15) is 0 Å². The molecule has 0 aliphatic rings. The van der Waals surface area contributed by atoms with E-state index in [1.165, 1.54) is 6.20 Å². The maximum Gasteiger partial charge on any atom is 0.257 e. The monoisotopic (exact) mass is 359 g/mol. The summed E-state index contributed by atoms with van der Waals surface area (Å²) in [4.78, 5) is 31.2. The van der Waals surface area contributed by atoms with Crippen molar-refractivity contribution in [1.29, 1.82) is 0 Å². The van der Waals surface area contributed by atoms with Crippen LogP contribution in [0.2, 0.25) is 0 Å². The molecule has 0 fully saturated rings. The fourth-order valence-electron chi connectivity index (χ4n) is 2.71. The van der Waals surface area contributed by atoms with E-state index >= 15 is 0 Å². The summed E-state index contributed by atoms with van der Waals surface area (Å²) in [6.45, 7) is 2.35. The molecule has 2 amide bonds. The van der Waals surface area contributed by atoms with E-state index in [1.807, 2.05) is 37.3 Å². The molecule has 0 saturated heterocycles. The maximum atomic E-state index is 12.9. The van der Waals surface area contributed by atoms with E-state index in [9.17, 15) is 9.59 Å². The predicted molar refractivity (Wildman–Crippen MR) is 106 cm³/mol. The van der Waals surface area contributed by atoms with Crippen molar-refractivity contribution in [1.82, 2.24) is 9.88 Å². The van der Waals surface area contributed by atoms with Crippen molar-refractivity contribution < 1.29 is 9.59 Å². The minimum atomic E-state index is -0.298. The highest BCUT2D eigenvalue weighted by Crippen LogP contribution is 2.19. The van der Waals surface area contributed by atoms with E-state index in [0.717, 1.165) is 11.3 Å². The molecule has 3 aromatic rings. The number of aromatic nitrogens is 1. The third kappa shape index (κ3) is 4.58. The molecule has 1 heterocycles. The molecule has 2 aromatic carbocycles. The summed E-state index contributed by atoms with van der Waals surface area (Å²) in [6.07, 6.45) is 1.52. The zero-order valence-electron chi connectivity index (χ0n) is 15.3. The number of anilines is 1. The Balaban J connectivity index is 1.77. The van der Waals surface area contributed by atoms with Gasteiger partial charge in [-0.3, -0.25) is 14.6 Å². The summed E-state index contributed by atoms with van der Waals surface area (Å²) >= 11 is 0. The van der Waals surface area contributed by atoms with Gasteiger partial charge in [-0.1, -0.05) is 42.5 Å². The van der Waals surface area contributed by atoms with Crippen LogP contribution in [0.3, 0.4) is 0 Å². The number of para-hydroxylation sites is 1. The first kappa shape index (κ1) is 18.3. The Morgan fingerprint density at radius 1 is 0.963 bits per heavy atom. The largest absolute Gasteiger partial charge is 0.337 e. The van der Waals surface area contributed by atoms with Crippen LogP contribution < -0.4 is 5.32 Å². The first-order chi connectivity index (χ1) is 13.0. The molecular weight excluding hydrogens is 338 g/mol. The number of hydrogen-bond acceptors (Lipinski definition) is 3. The predicted octanol–water partition coefficient (Wildman–Crippen LogP) is 3.91. The van der Waals surface area contributed by atoms with Crippen molar-refractivity contribution in [3.05, 3.63) is 95.3 Å². The highest BCUT2D eigenvalue weighted by Gasteiger charge is 2.17. The van der Waals surface area contributed by atoms with Gasteiger partial charge >= 0.3 is 0 Å². The lowest BCUT2D eigenvalue weighted by atomic mass is 10.1. The van der Waals surface area contributed by atoms with Gasteiger partial charge in [-0.25, -0.2) is 0 Å². The average molecular weight is 359 g/mol. The number of pyridine rings is 1. The standard InChI is InChI=1S/C22H21N3O2/c1-16-12-13-18(14-23-16)21(26)24-20-11-7-6-10-19(20)22(27)25(2)15-17-8-4-3-5-9-17/h3-14H,15H2,1-2H3,(H,24,26). The molecule has 0 radical (unpaired) electrons. The zero-order chi connectivity index (χ0) is 19.2. The maximum absolute atomic E-state index is 12.9. The fraction of sp³-hybridized carbons (Fsp3) is 0.136. The number of hydrogen-bond donors (Lipinski definition) is 1. The van der Waals surface area contributed by atoms with Crippen molar-refractivity contribution in [2.75, 3.05) is 12.4 Å². The second-order valence-corrected chi connectivity index (χ2v) is 6.33. The van der Waals surface area contributed by atoms with Gasteiger partial charge in [-0.2, -0.15) is 0 Å². The highest BCUT2D eigenvalue weighted by atomic mass is 16.2. The number of rotatable bonds is 5. The summed E-state index contributed by atoms with van der Waals surface area (Å²) in [5.74, 6) is -0.453. The lowest BCUT2D eigenvalue weighted by molar-refractivity contribution is 0.0786. The molecule has 5 nitrogen and oxygen atoms in total. The summed E-state index contributed by atoms with van der Waals surface area (Å²) in [7, 11) is 1.75. The Kier molecular flexibility index (Phi) is 5.61. The van der Waals surface area contributed by atoms with Crippen LogP contribution >= 0.6 is 0 Å². The van der Waals surface area contributed by atoms with Crippen LogP contribution in [0.4, 0.5) is 5.69 Å². The molecule has 0 atom stereocenters. The SMILES string of the molecule is Cc1ccc(C(=O)Nc2ccccc2C(=O)N(C)Cc2ccccc2)cn1. The number of nitrogens with one attached hydrogen (secondary N) is 1. The Morgan fingerprint density at radius 2 is 1.67 bits per heavy atom. The van der Waals surface area contributed by atoms with Crippen LogP contribution in [0.1, 0.15) is 32.0 Å². The number of amides is 2. The summed E-state index contributed by atoms with van der Waals surface area (Å²) < 4.78 is 0. The second kappa shape index (κ2) is 8.27. The number of nitrogens with zero attached hydrogens (tertiary/aromatic N) is 2. The molecule has 0 aliphatic carbocycles. The first-order valence-electron chi connectivity index (χ1n) is 8.67. The Morgan fingerprint density at radius 3 is 2.37 bits per heavy atom. The van der Waals surface area contributed by atoms with E-state index in [4.69, 9.17) is 0 Å². The number of aryl methyl sites for hydroxylation is 1. The molecule has 136 valence electrons. The van der Waals surface area contributed by atoms with E-state index < -0.39 is 0 Å². The third-order valence-corrected chi connectivity index (χ3v) is 4.19. The van der Waals surface area contributed by atoms with Gasteiger partial charge in [-0.15, -0.1) is 0 Å². The molecule has 0 bridgehead atoms. The highest BCUT2D eigenvalue weighted by molar-refractivity contribution is 6.08. The van der Waals surface area contributed by atoms with Crippen LogP contribution in [0.5, 0.6) is 0 Å². The number of carbonyl (C=O) groups excluding carboxylic acids is 2. The van der Waals surface area contributed by atoms with E-state index in [1.54, 1.807) is 48.3 Å². The van der Waals surface area contributed by atoms with Crippen LogP contribution in [0.25, 0.3) is 0 Å². The summed E-state index contributed by atoms with van der Waals surface area (Å²) in [6, 6.07) is 20.3. The van der Waals surface area contributed by atoms with Crippen molar-refractivity contribution in [3.8, 4) is 0 Å². The van der Waals surface area contributed by atoms with Gasteiger partial charge in [0.05, 0.1) is 16.8 Å². The van der Waals surface area contributed by atoms with E-state index in [-0.39, 0.29) is 11.8 Å². The van der Waals surface area contributed by atoms with Crippen LogP contribution in [0, 0.1) is 6.92 Å². The van der Waals surface area contributed by atoms with Gasteiger partial charge < -0.3 is 10.2 Å². The minimum Gasteiger partial charge on any atom is -0.337 e. The Hall–Kier alpha value is -3.47. The van der Waals surface area contributed by atoms with Gasteiger partial charge in [0.2, 0.25) is 0 Å². The number of carbonyl (C=O) groups is 2. The van der Waals surface area contributed by atoms with Gasteiger partial charge in [0, 0.05) is 25.5 Å². The normalized spacial score (nSPS) is 10.3. The molecule has 3 rings (SSSR count). The minimum absolute atomic E-state index is 0.156. The van der Waals surface area contributed by atoms with Crippen LogP contribution in [-0.4, -0.2) is 28.7 Å². The summed E-state index contributed by atoms with van der Waals surface area (Å²) in [5, 5.41) is 2.82. The van der Waals surface area contributed by atoms with Crippen molar-refractivity contribution in [2.45, 2.75) is 13.5 Å². The molecule has 27 heavy (non-hydrogen) atoms. The molecular formula is C22H21N3O2. The molecule has 1 aromatic heterocycles. The lowest BCUT2D eigenvalue weighted by Crippen LogP contribution is -2.27.